The van der Waals surface area contributed by atoms with Gasteiger partial charge < -0.3 is 0 Å². The zero-order chi connectivity index (χ0) is 13.7. The number of Topliss-reactive ketones (excluding diaryl/α,β-unsaturated/α-hetero) is 1. The Kier molecular flexibility index (Phi) is 3.98. The third-order valence-electron chi connectivity index (χ3n) is 2.58. The standard InChI is InChI=1S/C16H11FO2/c17-14-9-5-4-6-12(14)10-11-15(18)16(19)13-7-2-1-3-8-13/h1-11H. The molecule has 0 N–H and O–H groups in total. The van der Waals surface area contributed by atoms with Crippen LogP contribution < -0.4 is 0 Å². The number of hydrogen-bond donors (Lipinski definition) is 0. The zero-order valence-corrected chi connectivity index (χ0v) is 10.0. The molecule has 0 aliphatic carbocycles. The molecule has 2 aromatic rings. The van der Waals surface area contributed by atoms with Crippen LogP contribution in [0.15, 0.2) is 60.7 Å². The number of ketones is 2. The van der Waals surface area contributed by atoms with Crippen LogP contribution in [0.3, 0.4) is 0 Å². The van der Waals surface area contributed by atoms with E-state index in [9.17, 15) is 14.0 Å². The molecule has 0 atom stereocenters. The Labute approximate surface area is 110 Å². The van der Waals surface area contributed by atoms with E-state index < -0.39 is 17.4 Å². The second kappa shape index (κ2) is 5.87. The number of allylic oxidation sites excluding steroid dienone is 1. The van der Waals surface area contributed by atoms with Gasteiger partial charge in [-0.05, 0) is 18.2 Å². The highest BCUT2D eigenvalue weighted by atomic mass is 19.1. The van der Waals surface area contributed by atoms with E-state index in [1.165, 1.54) is 18.2 Å². The topological polar surface area (TPSA) is 34.1 Å². The molecule has 0 fully saturated rings. The Hall–Kier alpha value is -2.55. The lowest BCUT2D eigenvalue weighted by Crippen LogP contribution is -2.10. The average Bonchev–Trinajstić information content (AvgIpc) is 2.46. The monoisotopic (exact) mass is 254 g/mol. The number of benzene rings is 2. The van der Waals surface area contributed by atoms with Gasteiger partial charge in [0.1, 0.15) is 5.82 Å². The van der Waals surface area contributed by atoms with Crippen LogP contribution in [0.2, 0.25) is 0 Å². The van der Waals surface area contributed by atoms with Gasteiger partial charge in [0.15, 0.2) is 0 Å². The first-order valence-electron chi connectivity index (χ1n) is 5.75. The van der Waals surface area contributed by atoms with Gasteiger partial charge in [0.25, 0.3) is 0 Å². The van der Waals surface area contributed by atoms with Gasteiger partial charge in [0.2, 0.25) is 11.6 Å². The number of halogens is 1. The molecule has 0 radical (unpaired) electrons. The van der Waals surface area contributed by atoms with E-state index in [0.717, 1.165) is 6.08 Å². The van der Waals surface area contributed by atoms with Crippen molar-refractivity contribution in [3.63, 3.8) is 0 Å². The molecule has 0 saturated heterocycles. The molecule has 3 heteroatoms. The van der Waals surface area contributed by atoms with Crippen LogP contribution in [-0.4, -0.2) is 11.6 Å². The fourth-order valence-electron chi connectivity index (χ4n) is 1.58. The number of carbonyl (C=O) groups excluding carboxylic acids is 2. The maximum absolute atomic E-state index is 13.3. The van der Waals surface area contributed by atoms with Gasteiger partial charge in [0.05, 0.1) is 0 Å². The summed E-state index contributed by atoms with van der Waals surface area (Å²) in [5, 5.41) is 0. The highest BCUT2D eigenvalue weighted by molar-refractivity contribution is 6.48. The van der Waals surface area contributed by atoms with Crippen molar-refractivity contribution in [2.75, 3.05) is 0 Å². The number of hydrogen-bond acceptors (Lipinski definition) is 2. The minimum absolute atomic E-state index is 0.275. The summed E-state index contributed by atoms with van der Waals surface area (Å²) < 4.78 is 13.3. The van der Waals surface area contributed by atoms with Crippen LogP contribution in [0.5, 0.6) is 0 Å². The van der Waals surface area contributed by atoms with Crippen molar-refractivity contribution in [1.82, 2.24) is 0 Å². The molecule has 0 unspecified atom stereocenters. The van der Waals surface area contributed by atoms with Gasteiger partial charge in [-0.2, -0.15) is 0 Å². The van der Waals surface area contributed by atoms with Crippen molar-refractivity contribution in [2.24, 2.45) is 0 Å². The minimum Gasteiger partial charge on any atom is -0.286 e. The predicted molar refractivity (Wildman–Crippen MR) is 71.2 cm³/mol. The molecule has 94 valence electrons. The van der Waals surface area contributed by atoms with Crippen molar-refractivity contribution in [3.05, 3.63) is 77.6 Å². The molecule has 2 aromatic carbocycles. The first-order chi connectivity index (χ1) is 9.18. The normalized spacial score (nSPS) is 10.6. The summed E-state index contributed by atoms with van der Waals surface area (Å²) in [4.78, 5) is 23.4. The average molecular weight is 254 g/mol. The molecule has 0 aromatic heterocycles. The molecule has 19 heavy (non-hydrogen) atoms. The van der Waals surface area contributed by atoms with Gasteiger partial charge in [-0.25, -0.2) is 4.39 Å². The SMILES string of the molecule is O=C(C=Cc1ccccc1F)C(=O)c1ccccc1. The summed E-state index contributed by atoms with van der Waals surface area (Å²) in [7, 11) is 0. The summed E-state index contributed by atoms with van der Waals surface area (Å²) in [6, 6.07) is 14.3. The molecule has 0 saturated carbocycles. The fourth-order valence-corrected chi connectivity index (χ4v) is 1.58. The third-order valence-corrected chi connectivity index (χ3v) is 2.58. The second-order valence-electron chi connectivity index (χ2n) is 3.91. The highest BCUT2D eigenvalue weighted by Crippen LogP contribution is 2.09. The molecule has 0 aliphatic heterocycles. The maximum atomic E-state index is 13.3. The van der Waals surface area contributed by atoms with E-state index in [1.807, 2.05) is 0 Å². The quantitative estimate of drug-likeness (QED) is 0.476. The van der Waals surface area contributed by atoms with Gasteiger partial charge in [-0.1, -0.05) is 48.5 Å². The molecule has 0 bridgehead atoms. The van der Waals surface area contributed by atoms with Gasteiger partial charge in [-0.3, -0.25) is 9.59 Å². The summed E-state index contributed by atoms with van der Waals surface area (Å²) in [6.45, 7) is 0. The van der Waals surface area contributed by atoms with E-state index in [0.29, 0.717) is 5.56 Å². The van der Waals surface area contributed by atoms with E-state index >= 15 is 0 Å². The van der Waals surface area contributed by atoms with Gasteiger partial charge in [-0.15, -0.1) is 0 Å². The van der Waals surface area contributed by atoms with Gasteiger partial charge in [0, 0.05) is 11.1 Å². The Bertz CT molecular complexity index is 630. The summed E-state index contributed by atoms with van der Waals surface area (Å²) in [5.74, 6) is -1.71. The smallest absolute Gasteiger partial charge is 0.232 e. The molecule has 0 heterocycles. The Morgan fingerprint density at radius 1 is 0.895 bits per heavy atom. The Balaban J connectivity index is 2.14. The number of rotatable bonds is 4. The van der Waals surface area contributed by atoms with E-state index in [2.05, 4.69) is 0 Å². The predicted octanol–water partition coefficient (Wildman–Crippen LogP) is 3.29. The third kappa shape index (κ3) is 3.22. The van der Waals surface area contributed by atoms with Crippen LogP contribution >= 0.6 is 0 Å². The van der Waals surface area contributed by atoms with Crippen molar-refractivity contribution in [1.29, 1.82) is 0 Å². The molecular weight excluding hydrogens is 243 g/mol. The van der Waals surface area contributed by atoms with Crippen LogP contribution in [0.4, 0.5) is 4.39 Å². The summed E-state index contributed by atoms with van der Waals surface area (Å²) in [6.07, 6.45) is 2.40. The first kappa shape index (κ1) is 12.9. The van der Waals surface area contributed by atoms with Crippen LogP contribution in [0.1, 0.15) is 15.9 Å². The lowest BCUT2D eigenvalue weighted by Gasteiger charge is -1.97. The number of carbonyl (C=O) groups is 2. The van der Waals surface area contributed by atoms with E-state index in [-0.39, 0.29) is 5.56 Å². The molecule has 2 rings (SSSR count). The van der Waals surface area contributed by atoms with Crippen LogP contribution in [0, 0.1) is 5.82 Å². The minimum atomic E-state index is -0.672. The molecule has 0 amide bonds. The maximum Gasteiger partial charge on any atom is 0.232 e. The van der Waals surface area contributed by atoms with Crippen molar-refractivity contribution >= 4 is 17.6 Å². The molecule has 0 spiro atoms. The molecule has 0 aliphatic rings. The fraction of sp³-hybridized carbons (Fsp3) is 0. The largest absolute Gasteiger partial charge is 0.286 e. The van der Waals surface area contributed by atoms with Gasteiger partial charge >= 0.3 is 0 Å². The van der Waals surface area contributed by atoms with E-state index in [4.69, 9.17) is 0 Å². The van der Waals surface area contributed by atoms with Crippen LogP contribution in [0.25, 0.3) is 6.08 Å². The van der Waals surface area contributed by atoms with Crippen molar-refractivity contribution in [3.8, 4) is 0 Å². The first-order valence-corrected chi connectivity index (χ1v) is 5.75. The summed E-state index contributed by atoms with van der Waals surface area (Å²) >= 11 is 0. The van der Waals surface area contributed by atoms with Crippen molar-refractivity contribution < 1.29 is 14.0 Å². The molecule has 2 nitrogen and oxygen atoms in total. The Morgan fingerprint density at radius 2 is 1.53 bits per heavy atom. The van der Waals surface area contributed by atoms with Crippen molar-refractivity contribution in [2.45, 2.75) is 0 Å². The molecular formula is C16H11FO2. The van der Waals surface area contributed by atoms with E-state index in [1.54, 1.807) is 42.5 Å². The van der Waals surface area contributed by atoms with Crippen LogP contribution in [-0.2, 0) is 4.79 Å². The highest BCUT2D eigenvalue weighted by Gasteiger charge is 2.12. The summed E-state index contributed by atoms with van der Waals surface area (Å²) in [5.41, 5.74) is 0.599. The second-order valence-corrected chi connectivity index (χ2v) is 3.91. The Morgan fingerprint density at radius 3 is 2.21 bits per heavy atom. The lowest BCUT2D eigenvalue weighted by molar-refractivity contribution is -0.110. The zero-order valence-electron chi connectivity index (χ0n) is 10.0. The lowest BCUT2D eigenvalue weighted by atomic mass is 10.1.